The molecule has 0 atom stereocenters. The third-order valence-corrected chi connectivity index (χ3v) is 8.31. The first-order valence-electron chi connectivity index (χ1n) is 17.4. The van der Waals surface area contributed by atoms with Crippen molar-refractivity contribution in [2.75, 3.05) is 0 Å². The Morgan fingerprint density at radius 1 is 0.459 bits per heavy atom. The summed E-state index contributed by atoms with van der Waals surface area (Å²) in [5.74, 6) is 1.59. The van der Waals surface area contributed by atoms with Gasteiger partial charge in [0.15, 0.2) is 0 Å². The van der Waals surface area contributed by atoms with Gasteiger partial charge in [-0.25, -0.2) is 9.13 Å². The molecule has 0 radical (unpaired) electrons. The molecule has 0 amide bonds. The fraction of sp³-hybridized carbons (Fsp3) is 0.914. The van der Waals surface area contributed by atoms with Gasteiger partial charge in [-0.1, -0.05) is 162 Å². The van der Waals surface area contributed by atoms with E-state index in [1.165, 1.54) is 186 Å². The maximum absolute atomic E-state index is 2.59. The first-order chi connectivity index (χ1) is 18.3. The van der Waals surface area contributed by atoms with Crippen molar-refractivity contribution in [1.82, 2.24) is 4.57 Å². The highest BCUT2D eigenvalue weighted by molar-refractivity contribution is 4.84. The van der Waals surface area contributed by atoms with Gasteiger partial charge in [-0.3, -0.25) is 0 Å². The molecule has 0 saturated heterocycles. The molecule has 0 aromatic carbocycles. The number of hydrogen-bond acceptors (Lipinski definition) is 0. The quantitative estimate of drug-likeness (QED) is 0.0737. The maximum atomic E-state index is 2.59. The summed E-state index contributed by atoms with van der Waals surface area (Å²) in [6.45, 7) is 9.32. The van der Waals surface area contributed by atoms with Crippen LogP contribution in [0.25, 0.3) is 0 Å². The molecule has 0 bridgehead atoms. The molecule has 0 aliphatic rings. The molecule has 0 aliphatic carbocycles. The second kappa shape index (κ2) is 26.8. The van der Waals surface area contributed by atoms with Crippen LogP contribution in [0.1, 0.15) is 194 Å². The van der Waals surface area contributed by atoms with Crippen molar-refractivity contribution in [3.05, 3.63) is 18.2 Å². The van der Waals surface area contributed by atoms with Gasteiger partial charge in [0.25, 0.3) is 5.82 Å². The van der Waals surface area contributed by atoms with Crippen LogP contribution in [-0.4, -0.2) is 4.57 Å². The molecule has 1 rings (SSSR count). The molecule has 1 aromatic heterocycles. The standard InChI is InChI=1S/C35H69N2/c1-4-7-9-11-13-15-16-17-18-19-20-21-22-23-25-27-29-32-37-34-33-36(31-6-3)35(37)30-28-26-24-14-12-10-8-5-2/h33-34H,4-32H2,1-3H3/q+1. The Morgan fingerprint density at radius 3 is 1.24 bits per heavy atom. The summed E-state index contributed by atoms with van der Waals surface area (Å²) in [5, 5.41) is 0. The second-order valence-electron chi connectivity index (χ2n) is 12.0. The van der Waals surface area contributed by atoms with Crippen molar-refractivity contribution in [2.45, 2.75) is 207 Å². The summed E-state index contributed by atoms with van der Waals surface area (Å²) < 4.78 is 5.12. The third-order valence-electron chi connectivity index (χ3n) is 8.31. The number of rotatable bonds is 29. The van der Waals surface area contributed by atoms with Crippen molar-refractivity contribution in [2.24, 2.45) is 0 Å². The normalized spacial score (nSPS) is 11.5. The zero-order chi connectivity index (χ0) is 26.7. The molecular formula is C35H69N2+. The van der Waals surface area contributed by atoms with Gasteiger partial charge in [0.05, 0.1) is 13.1 Å². The lowest BCUT2D eigenvalue weighted by molar-refractivity contribution is -0.703. The number of unbranched alkanes of at least 4 members (excludes halogenated alkanes) is 23. The number of aryl methyl sites for hydroxylation is 2. The molecule has 2 nitrogen and oxygen atoms in total. The number of hydrogen-bond donors (Lipinski definition) is 0. The molecule has 0 spiro atoms. The van der Waals surface area contributed by atoms with E-state index in [-0.39, 0.29) is 0 Å². The maximum Gasteiger partial charge on any atom is 0.256 e. The third kappa shape index (κ3) is 19.9. The zero-order valence-corrected chi connectivity index (χ0v) is 26.1. The second-order valence-corrected chi connectivity index (χ2v) is 12.0. The molecule has 1 heterocycles. The van der Waals surface area contributed by atoms with Crippen molar-refractivity contribution in [3.8, 4) is 0 Å². The van der Waals surface area contributed by atoms with Crippen LogP contribution >= 0.6 is 0 Å². The van der Waals surface area contributed by atoms with Gasteiger partial charge < -0.3 is 0 Å². The van der Waals surface area contributed by atoms with Gasteiger partial charge in [0.2, 0.25) is 0 Å². The van der Waals surface area contributed by atoms with Crippen molar-refractivity contribution >= 4 is 0 Å². The summed E-state index contributed by atoms with van der Waals surface area (Å²) in [5.41, 5.74) is 0. The number of nitrogens with zero attached hydrogens (tertiary/aromatic N) is 2. The molecule has 0 aliphatic heterocycles. The van der Waals surface area contributed by atoms with E-state index < -0.39 is 0 Å². The predicted molar refractivity (Wildman–Crippen MR) is 165 cm³/mol. The average molecular weight is 518 g/mol. The fourth-order valence-electron chi connectivity index (χ4n) is 5.86. The van der Waals surface area contributed by atoms with Gasteiger partial charge in [-0.2, -0.15) is 0 Å². The first-order valence-corrected chi connectivity index (χ1v) is 17.4. The van der Waals surface area contributed by atoms with E-state index in [0.29, 0.717) is 0 Å². The molecule has 37 heavy (non-hydrogen) atoms. The van der Waals surface area contributed by atoms with Crippen LogP contribution in [0.4, 0.5) is 0 Å². The Morgan fingerprint density at radius 2 is 0.838 bits per heavy atom. The molecule has 218 valence electrons. The fourth-order valence-corrected chi connectivity index (χ4v) is 5.86. The Bertz CT molecular complexity index is 576. The van der Waals surface area contributed by atoms with Crippen molar-refractivity contribution in [1.29, 1.82) is 0 Å². The predicted octanol–water partition coefficient (Wildman–Crippen LogP) is 11.5. The highest BCUT2D eigenvalue weighted by Crippen LogP contribution is 2.15. The van der Waals surface area contributed by atoms with Gasteiger partial charge >= 0.3 is 0 Å². The van der Waals surface area contributed by atoms with Crippen molar-refractivity contribution in [3.63, 3.8) is 0 Å². The van der Waals surface area contributed by atoms with E-state index >= 15 is 0 Å². The van der Waals surface area contributed by atoms with Crippen LogP contribution in [0.3, 0.4) is 0 Å². The van der Waals surface area contributed by atoms with Gasteiger partial charge in [-0.05, 0) is 25.7 Å². The van der Waals surface area contributed by atoms with Crippen LogP contribution in [0.15, 0.2) is 12.4 Å². The van der Waals surface area contributed by atoms with Gasteiger partial charge in [0.1, 0.15) is 12.4 Å². The lowest BCUT2D eigenvalue weighted by Gasteiger charge is -2.06. The van der Waals surface area contributed by atoms with Crippen LogP contribution < -0.4 is 4.57 Å². The molecule has 1 aromatic rings. The first kappa shape index (κ1) is 34.2. The molecule has 2 heteroatoms. The van der Waals surface area contributed by atoms with E-state index in [1.807, 2.05) is 0 Å². The van der Waals surface area contributed by atoms with E-state index in [0.717, 1.165) is 0 Å². The monoisotopic (exact) mass is 518 g/mol. The minimum absolute atomic E-state index is 1.18. The molecular weight excluding hydrogens is 448 g/mol. The largest absolute Gasteiger partial charge is 0.256 e. The molecule has 0 fully saturated rings. The number of aromatic nitrogens is 2. The summed E-state index contributed by atoms with van der Waals surface area (Å²) in [7, 11) is 0. The zero-order valence-electron chi connectivity index (χ0n) is 26.1. The Labute approximate surface area is 234 Å². The Balaban J connectivity index is 2.02. The lowest BCUT2D eigenvalue weighted by atomic mass is 10.0. The topological polar surface area (TPSA) is 8.81 Å². The van der Waals surface area contributed by atoms with Crippen molar-refractivity contribution < 1.29 is 4.57 Å². The van der Waals surface area contributed by atoms with Crippen LogP contribution in [0.5, 0.6) is 0 Å². The van der Waals surface area contributed by atoms with E-state index in [9.17, 15) is 0 Å². The van der Waals surface area contributed by atoms with Gasteiger partial charge in [0, 0.05) is 6.42 Å². The van der Waals surface area contributed by atoms with Crippen LogP contribution in [0.2, 0.25) is 0 Å². The van der Waals surface area contributed by atoms with Crippen LogP contribution in [0, 0.1) is 0 Å². The summed E-state index contributed by atoms with van der Waals surface area (Å²) in [6, 6.07) is 0. The molecule has 0 saturated carbocycles. The SMILES string of the molecule is CCCCCCCCCCCCCCCCCCCn1cc[n+](CCC)c1CCCCCCCCCC. The van der Waals surface area contributed by atoms with Crippen LogP contribution in [-0.2, 0) is 19.5 Å². The highest BCUT2D eigenvalue weighted by atomic mass is 15.1. The highest BCUT2D eigenvalue weighted by Gasteiger charge is 2.15. The smallest absolute Gasteiger partial charge is 0.234 e. The summed E-state index contributed by atoms with van der Waals surface area (Å²) in [4.78, 5) is 0. The summed E-state index contributed by atoms with van der Waals surface area (Å²) >= 11 is 0. The van der Waals surface area contributed by atoms with Gasteiger partial charge in [-0.15, -0.1) is 0 Å². The van der Waals surface area contributed by atoms with E-state index in [1.54, 1.807) is 5.82 Å². The van der Waals surface area contributed by atoms with E-state index in [2.05, 4.69) is 42.3 Å². The Hall–Kier alpha value is -0.790. The molecule has 0 unspecified atom stereocenters. The average Bonchev–Trinajstić information content (AvgIpc) is 3.28. The Kier molecular flexibility index (Phi) is 24.8. The minimum Gasteiger partial charge on any atom is -0.234 e. The van der Waals surface area contributed by atoms with E-state index in [4.69, 9.17) is 0 Å². The minimum atomic E-state index is 1.18. The summed E-state index contributed by atoms with van der Waals surface area (Å²) in [6.07, 6.45) is 43.1. The lowest BCUT2D eigenvalue weighted by Crippen LogP contribution is -2.37. The molecule has 0 N–H and O–H groups in total. The number of imidazole rings is 1.